The van der Waals surface area contributed by atoms with Crippen LogP contribution in [0.25, 0.3) is 16.9 Å². The molecule has 13 heteroatoms. The van der Waals surface area contributed by atoms with E-state index in [0.717, 1.165) is 54.6 Å². The summed E-state index contributed by atoms with van der Waals surface area (Å²) in [5.74, 6) is -2.47. The van der Waals surface area contributed by atoms with Crippen LogP contribution in [-0.2, 0) is 17.9 Å². The third-order valence-corrected chi connectivity index (χ3v) is 7.13. The first-order valence-electron chi connectivity index (χ1n) is 13.7. The number of fused-ring (bicyclic) bond motifs is 1. The number of aromatic nitrogens is 6. The lowest BCUT2D eigenvalue weighted by Crippen LogP contribution is -2.27. The summed E-state index contributed by atoms with van der Waals surface area (Å²) >= 11 is 1.39. The van der Waals surface area contributed by atoms with Crippen LogP contribution in [0.1, 0.15) is 45.0 Å². The molecule has 0 unspecified atom stereocenters. The number of hydrogen-bond donors (Lipinski definition) is 2. The molecule has 0 aliphatic carbocycles. The van der Waals surface area contributed by atoms with Crippen LogP contribution >= 0.6 is 11.5 Å². The average molecular weight is 596 g/mol. The van der Waals surface area contributed by atoms with Crippen molar-refractivity contribution in [3.8, 4) is 11.3 Å². The highest BCUT2D eigenvalue weighted by molar-refractivity contribution is 7.10. The van der Waals surface area contributed by atoms with Gasteiger partial charge in [0, 0.05) is 24.5 Å². The van der Waals surface area contributed by atoms with Crippen LogP contribution in [-0.4, -0.2) is 52.4 Å². The van der Waals surface area contributed by atoms with Gasteiger partial charge < -0.3 is 10.6 Å². The molecule has 0 atom stereocenters. The summed E-state index contributed by atoms with van der Waals surface area (Å²) in [6.07, 6.45) is 11.9. The van der Waals surface area contributed by atoms with Gasteiger partial charge in [-0.1, -0.05) is 32.9 Å². The van der Waals surface area contributed by atoms with Crippen molar-refractivity contribution in [1.29, 1.82) is 0 Å². The zero-order valence-electron chi connectivity index (χ0n) is 24.2. The Labute approximate surface area is 247 Å². The van der Waals surface area contributed by atoms with Crippen molar-refractivity contribution in [2.75, 3.05) is 18.4 Å². The number of nitrogens with one attached hydrogen (secondary N) is 2. The summed E-state index contributed by atoms with van der Waals surface area (Å²) in [5, 5.41) is 10.9. The Morgan fingerprint density at radius 3 is 2.76 bits per heavy atom. The largest absolute Gasteiger partial charge is 0.328 e. The van der Waals surface area contributed by atoms with E-state index in [0.29, 0.717) is 17.0 Å². The van der Waals surface area contributed by atoms with Crippen LogP contribution in [0.3, 0.4) is 0 Å². The molecule has 4 heterocycles. The van der Waals surface area contributed by atoms with E-state index in [2.05, 4.69) is 55.4 Å². The Bertz CT molecular complexity index is 1620. The monoisotopic (exact) mass is 595 g/mol. The lowest BCUT2D eigenvalue weighted by Gasteiger charge is -2.18. The summed E-state index contributed by atoms with van der Waals surface area (Å²) in [6.45, 7) is 13.4. The van der Waals surface area contributed by atoms with Gasteiger partial charge in [0.1, 0.15) is 11.5 Å². The summed E-state index contributed by atoms with van der Waals surface area (Å²) in [4.78, 5) is 24.2. The molecule has 0 aliphatic rings. The normalized spacial score (nSPS) is 12.4. The van der Waals surface area contributed by atoms with Crippen LogP contribution in [0.4, 0.5) is 19.6 Å². The molecule has 0 bridgehead atoms. The number of rotatable bonds is 14. The molecule has 2 N–H and O–H groups in total. The molecule has 0 aromatic carbocycles. The van der Waals surface area contributed by atoms with Crippen LogP contribution in [0, 0.1) is 6.92 Å². The Morgan fingerprint density at radius 1 is 1.24 bits per heavy atom. The lowest BCUT2D eigenvalue weighted by molar-refractivity contribution is -0.121. The number of carbonyl (C=O) groups excluding carboxylic acids is 1. The van der Waals surface area contributed by atoms with Crippen molar-refractivity contribution in [1.82, 2.24) is 38.7 Å². The Balaban J connectivity index is 1.51. The van der Waals surface area contributed by atoms with E-state index in [1.165, 1.54) is 28.4 Å². The van der Waals surface area contributed by atoms with Crippen molar-refractivity contribution in [2.45, 2.75) is 53.6 Å². The summed E-state index contributed by atoms with van der Waals surface area (Å²) in [5.41, 5.74) is 3.56. The molecular formula is C29H35F2N9OS. The first-order valence-corrected chi connectivity index (χ1v) is 14.5. The Hall–Kier alpha value is -4.23. The van der Waals surface area contributed by atoms with Gasteiger partial charge in [0.2, 0.25) is 5.91 Å². The average Bonchev–Trinajstić information content (AvgIpc) is 3.70. The maximum Gasteiger partial charge on any atom is 0.246 e. The molecule has 42 heavy (non-hydrogen) atoms. The minimum absolute atomic E-state index is 0.209. The number of anilines is 2. The van der Waals surface area contributed by atoms with Gasteiger partial charge in [-0.15, -0.1) is 0 Å². The van der Waals surface area contributed by atoms with Gasteiger partial charge in [-0.05, 0) is 57.0 Å². The fraction of sp³-hybridized carbons (Fsp3) is 0.345. The Kier molecular flexibility index (Phi) is 10.3. The van der Waals surface area contributed by atoms with Gasteiger partial charge in [-0.3, -0.25) is 18.8 Å². The van der Waals surface area contributed by atoms with Gasteiger partial charge >= 0.3 is 0 Å². The van der Waals surface area contributed by atoms with E-state index in [4.69, 9.17) is 0 Å². The van der Waals surface area contributed by atoms with Gasteiger partial charge in [0.15, 0.2) is 23.1 Å². The number of halogens is 2. The second-order valence-corrected chi connectivity index (χ2v) is 10.5. The highest BCUT2D eigenvalue weighted by Crippen LogP contribution is 2.28. The summed E-state index contributed by atoms with van der Waals surface area (Å²) in [6, 6.07) is 2.05. The van der Waals surface area contributed by atoms with Crippen LogP contribution in [0.15, 0.2) is 66.9 Å². The van der Waals surface area contributed by atoms with Gasteiger partial charge in [-0.25, -0.2) is 18.7 Å². The van der Waals surface area contributed by atoms with E-state index in [1.807, 2.05) is 23.6 Å². The zero-order valence-corrected chi connectivity index (χ0v) is 25.0. The number of nitrogens with zero attached hydrogens (tertiary/aromatic N) is 7. The highest BCUT2D eigenvalue weighted by atomic mass is 32.1. The van der Waals surface area contributed by atoms with Crippen LogP contribution in [0.5, 0.6) is 0 Å². The number of hydrogen-bond acceptors (Lipinski definition) is 8. The van der Waals surface area contributed by atoms with Crippen molar-refractivity contribution in [3.63, 3.8) is 0 Å². The minimum atomic E-state index is -1.27. The molecule has 4 rings (SSSR count). The maximum absolute atomic E-state index is 14.0. The topological polar surface area (TPSA) is 105 Å². The van der Waals surface area contributed by atoms with Crippen LogP contribution in [0.2, 0.25) is 0 Å². The van der Waals surface area contributed by atoms with Crippen LogP contribution < -0.4 is 10.6 Å². The third kappa shape index (κ3) is 7.53. The number of unbranched alkanes of at least 4 members (excludes halogenated alkanes) is 1. The highest BCUT2D eigenvalue weighted by Gasteiger charge is 2.16. The van der Waals surface area contributed by atoms with Crippen molar-refractivity contribution in [3.05, 3.63) is 78.3 Å². The molecule has 222 valence electrons. The second kappa shape index (κ2) is 14.1. The first kappa shape index (κ1) is 30.7. The third-order valence-electron chi connectivity index (χ3n) is 6.39. The van der Waals surface area contributed by atoms with Crippen molar-refractivity contribution < 1.29 is 13.6 Å². The Morgan fingerprint density at radius 2 is 2.05 bits per heavy atom. The number of imidazole rings is 1. The SMILES string of the molecule is C=C(F)/C(F)=C(\C=C/C)NC(=O)Cn1cc(-c2cnc3c(Nc4cc(CN(CC)CCCC)ns4)nc(C)cn23)cn1. The molecule has 0 spiro atoms. The maximum atomic E-state index is 14.0. The fourth-order valence-corrected chi connectivity index (χ4v) is 4.99. The number of amides is 1. The quantitative estimate of drug-likeness (QED) is 0.170. The summed E-state index contributed by atoms with van der Waals surface area (Å²) in [7, 11) is 0. The smallest absolute Gasteiger partial charge is 0.246 e. The molecule has 0 aliphatic heterocycles. The fourth-order valence-electron chi connectivity index (χ4n) is 4.33. The van der Waals surface area contributed by atoms with E-state index < -0.39 is 17.6 Å². The van der Waals surface area contributed by atoms with Crippen molar-refractivity contribution in [2.24, 2.45) is 0 Å². The van der Waals surface area contributed by atoms with Gasteiger partial charge in [-0.2, -0.15) is 9.47 Å². The molecule has 0 radical (unpaired) electrons. The second-order valence-electron chi connectivity index (χ2n) is 9.71. The van der Waals surface area contributed by atoms with Gasteiger partial charge in [0.25, 0.3) is 0 Å². The van der Waals surface area contributed by atoms with E-state index in [-0.39, 0.29) is 12.2 Å². The number of aryl methyl sites for hydroxylation is 1. The van der Waals surface area contributed by atoms with E-state index >= 15 is 0 Å². The van der Waals surface area contributed by atoms with Gasteiger partial charge in [0.05, 0.1) is 35.2 Å². The number of carbonyl (C=O) groups is 1. The zero-order chi connectivity index (χ0) is 30.2. The molecule has 1 amide bonds. The lowest BCUT2D eigenvalue weighted by atomic mass is 10.3. The number of allylic oxidation sites excluding steroid dienone is 4. The van der Waals surface area contributed by atoms with E-state index in [1.54, 1.807) is 25.5 Å². The van der Waals surface area contributed by atoms with E-state index in [9.17, 15) is 13.6 Å². The standard InChI is InChI=1S/C29H35F2N9OS/c1-6-9-11-38(8-3)17-22-12-26(42-37-22)36-28-29-32-14-24(40(29)15-19(4)34-28)21-13-33-39(16-21)18-25(41)35-23(10-7-2)27(31)20(5)30/h7,10,12-16H,5-6,8-9,11,17-18H2,1-4H3,(H,34,36)(H,35,41)/b10-7-,27-23-. The first-order chi connectivity index (χ1) is 20.2. The molecular weight excluding hydrogens is 560 g/mol. The molecule has 0 fully saturated rings. The summed E-state index contributed by atoms with van der Waals surface area (Å²) < 4.78 is 35.2. The van der Waals surface area contributed by atoms with Crippen molar-refractivity contribution >= 4 is 33.9 Å². The molecule has 4 aromatic heterocycles. The molecule has 4 aromatic rings. The molecule has 0 saturated carbocycles. The minimum Gasteiger partial charge on any atom is -0.328 e. The molecule has 10 nitrogen and oxygen atoms in total. The predicted molar refractivity (Wildman–Crippen MR) is 162 cm³/mol. The molecule has 0 saturated heterocycles. The predicted octanol–water partition coefficient (Wildman–Crippen LogP) is 6.08.